The molecule has 0 aliphatic carbocycles. The van der Waals surface area contributed by atoms with Gasteiger partial charge in [0.25, 0.3) is 0 Å². The lowest BCUT2D eigenvalue weighted by atomic mass is 10.1. The number of ether oxygens (including phenoxy) is 2. The summed E-state index contributed by atoms with van der Waals surface area (Å²) < 4.78 is 35.7. The van der Waals surface area contributed by atoms with Gasteiger partial charge in [-0.3, -0.25) is 0 Å². The number of aliphatic hydroxyl groups is 1. The van der Waals surface area contributed by atoms with Crippen LogP contribution in [0.4, 0.5) is 0 Å². The fourth-order valence-corrected chi connectivity index (χ4v) is 3.40. The normalized spacial score (nSPS) is 26.0. The van der Waals surface area contributed by atoms with E-state index in [0.29, 0.717) is 6.54 Å². The Bertz CT molecular complexity index is 341. The molecule has 1 N–H and O–H groups in total. The molecule has 1 saturated heterocycles. The molecule has 1 unspecified atom stereocenters. The summed E-state index contributed by atoms with van der Waals surface area (Å²) >= 11 is 0. The number of nitrogens with zero attached hydrogens (tertiary/aromatic N) is 1. The van der Waals surface area contributed by atoms with Gasteiger partial charge in [-0.2, -0.15) is 4.31 Å². The van der Waals surface area contributed by atoms with Crippen molar-refractivity contribution in [3.63, 3.8) is 0 Å². The molecule has 0 amide bonds. The van der Waals surface area contributed by atoms with Crippen molar-refractivity contribution in [1.29, 1.82) is 0 Å². The maximum absolute atomic E-state index is 12.0. The highest BCUT2D eigenvalue weighted by Gasteiger charge is 2.38. The molecule has 1 heterocycles. The molecule has 1 aliphatic rings. The largest absolute Gasteiger partial charge is 0.394 e. The zero-order chi connectivity index (χ0) is 13.1. The maximum atomic E-state index is 12.0. The topological polar surface area (TPSA) is 76.1 Å². The lowest BCUT2D eigenvalue weighted by molar-refractivity contribution is -0.131. The number of aliphatic hydroxyl groups excluding tert-OH is 1. The van der Waals surface area contributed by atoms with Crippen molar-refractivity contribution in [3.8, 4) is 0 Å². The predicted octanol–water partition coefficient (Wildman–Crippen LogP) is -0.566. The average Bonchev–Trinajstić information content (AvgIpc) is 2.24. The van der Waals surface area contributed by atoms with Gasteiger partial charge in [0, 0.05) is 20.2 Å². The van der Waals surface area contributed by atoms with Crippen LogP contribution in [0.5, 0.6) is 0 Å². The second-order valence-corrected chi connectivity index (χ2v) is 6.87. The van der Waals surface area contributed by atoms with Crippen LogP contribution in [0.3, 0.4) is 0 Å². The molecule has 6 nitrogen and oxygen atoms in total. The second kappa shape index (κ2) is 5.62. The molecule has 7 heteroatoms. The van der Waals surface area contributed by atoms with Gasteiger partial charge in [0.1, 0.15) is 0 Å². The Morgan fingerprint density at radius 2 is 2.18 bits per heavy atom. The van der Waals surface area contributed by atoms with Crippen LogP contribution >= 0.6 is 0 Å². The summed E-state index contributed by atoms with van der Waals surface area (Å²) in [6.07, 6.45) is -0.462. The van der Waals surface area contributed by atoms with E-state index in [4.69, 9.17) is 14.6 Å². The molecule has 0 radical (unpaired) electrons. The van der Waals surface area contributed by atoms with Gasteiger partial charge in [-0.1, -0.05) is 0 Å². The zero-order valence-electron chi connectivity index (χ0n) is 10.5. The van der Waals surface area contributed by atoms with Crippen molar-refractivity contribution in [2.45, 2.75) is 25.6 Å². The van der Waals surface area contributed by atoms with E-state index >= 15 is 0 Å². The van der Waals surface area contributed by atoms with Crippen LogP contribution in [-0.2, 0) is 19.5 Å². The number of morpholine rings is 1. The summed E-state index contributed by atoms with van der Waals surface area (Å²) in [5.41, 5.74) is -0.578. The standard InChI is InChI=1S/C10H21NO5S/c1-10(2)8-11(6-9(7-12)16-10)17(13,14)5-4-15-3/h9,12H,4-8H2,1-3H3. The third-order valence-electron chi connectivity index (χ3n) is 2.59. The first-order valence-corrected chi connectivity index (χ1v) is 7.17. The summed E-state index contributed by atoms with van der Waals surface area (Å²) in [5, 5.41) is 9.11. The minimum Gasteiger partial charge on any atom is -0.394 e. The quantitative estimate of drug-likeness (QED) is 0.722. The van der Waals surface area contributed by atoms with Crippen LogP contribution in [0.2, 0.25) is 0 Å². The molecule has 102 valence electrons. The maximum Gasteiger partial charge on any atom is 0.216 e. The van der Waals surface area contributed by atoms with Gasteiger partial charge in [-0.05, 0) is 13.8 Å². The first-order valence-electron chi connectivity index (χ1n) is 5.56. The predicted molar refractivity (Wildman–Crippen MR) is 63.3 cm³/mol. The average molecular weight is 267 g/mol. The van der Waals surface area contributed by atoms with Crippen LogP contribution in [-0.4, -0.2) is 68.7 Å². The lowest BCUT2D eigenvalue weighted by Crippen LogP contribution is -2.56. The molecular formula is C10H21NO5S. The third kappa shape index (κ3) is 4.18. The van der Waals surface area contributed by atoms with Gasteiger partial charge < -0.3 is 14.6 Å². The highest BCUT2D eigenvalue weighted by molar-refractivity contribution is 7.89. The van der Waals surface area contributed by atoms with E-state index < -0.39 is 21.7 Å². The SMILES string of the molecule is COCCS(=O)(=O)N1CC(CO)OC(C)(C)C1. The second-order valence-electron chi connectivity index (χ2n) is 4.78. The summed E-state index contributed by atoms with van der Waals surface area (Å²) in [6.45, 7) is 4.12. The van der Waals surface area contributed by atoms with Gasteiger partial charge in [-0.15, -0.1) is 0 Å². The van der Waals surface area contributed by atoms with Gasteiger partial charge in [0.15, 0.2) is 0 Å². The Labute approximate surface area is 103 Å². The minimum absolute atomic E-state index is 0.0439. The minimum atomic E-state index is -3.34. The molecule has 0 aromatic rings. The first kappa shape index (κ1) is 14.8. The van der Waals surface area contributed by atoms with E-state index in [-0.39, 0.29) is 25.5 Å². The fourth-order valence-electron chi connectivity index (χ4n) is 1.87. The molecular weight excluding hydrogens is 246 g/mol. The van der Waals surface area contributed by atoms with Crippen LogP contribution in [0, 0.1) is 0 Å². The van der Waals surface area contributed by atoms with Crippen molar-refractivity contribution in [3.05, 3.63) is 0 Å². The fraction of sp³-hybridized carbons (Fsp3) is 1.00. The molecule has 0 saturated carbocycles. The highest BCUT2D eigenvalue weighted by atomic mass is 32.2. The van der Waals surface area contributed by atoms with Gasteiger partial charge >= 0.3 is 0 Å². The molecule has 17 heavy (non-hydrogen) atoms. The van der Waals surface area contributed by atoms with Crippen molar-refractivity contribution in [2.24, 2.45) is 0 Å². The van der Waals surface area contributed by atoms with Gasteiger partial charge in [0.05, 0.1) is 30.7 Å². The molecule has 0 aromatic heterocycles. The van der Waals surface area contributed by atoms with Crippen molar-refractivity contribution >= 4 is 10.0 Å². The summed E-state index contributed by atoms with van der Waals surface area (Å²) in [4.78, 5) is 0. The van der Waals surface area contributed by atoms with E-state index in [0.717, 1.165) is 0 Å². The van der Waals surface area contributed by atoms with E-state index in [2.05, 4.69) is 0 Å². The highest BCUT2D eigenvalue weighted by Crippen LogP contribution is 2.23. The zero-order valence-corrected chi connectivity index (χ0v) is 11.4. The number of hydrogen-bond acceptors (Lipinski definition) is 5. The summed E-state index contributed by atoms with van der Waals surface area (Å²) in [7, 11) is -1.87. The number of rotatable bonds is 5. The number of sulfonamides is 1. The summed E-state index contributed by atoms with van der Waals surface area (Å²) in [6, 6.07) is 0. The Balaban J connectivity index is 2.76. The van der Waals surface area contributed by atoms with Gasteiger partial charge in [-0.25, -0.2) is 8.42 Å². The molecule has 1 aliphatic heterocycles. The molecule has 1 atom stereocenters. The monoisotopic (exact) mass is 267 g/mol. The number of hydrogen-bond donors (Lipinski definition) is 1. The van der Waals surface area contributed by atoms with E-state index in [9.17, 15) is 8.42 Å². The van der Waals surface area contributed by atoms with Crippen LogP contribution in [0.1, 0.15) is 13.8 Å². The smallest absolute Gasteiger partial charge is 0.216 e. The van der Waals surface area contributed by atoms with Crippen molar-refractivity contribution < 1.29 is 23.0 Å². The molecule has 0 aromatic carbocycles. The van der Waals surface area contributed by atoms with E-state index in [1.807, 2.05) is 13.8 Å². The first-order chi connectivity index (χ1) is 7.80. The van der Waals surface area contributed by atoms with Crippen LogP contribution < -0.4 is 0 Å². The van der Waals surface area contributed by atoms with Crippen LogP contribution in [0.25, 0.3) is 0 Å². The Hall–Kier alpha value is -0.210. The third-order valence-corrected chi connectivity index (χ3v) is 4.34. The molecule has 1 rings (SSSR count). The summed E-state index contributed by atoms with van der Waals surface area (Å²) in [5.74, 6) is -0.0439. The molecule has 0 bridgehead atoms. The Morgan fingerprint density at radius 1 is 1.53 bits per heavy atom. The van der Waals surface area contributed by atoms with Crippen molar-refractivity contribution in [1.82, 2.24) is 4.31 Å². The molecule has 1 fully saturated rings. The lowest BCUT2D eigenvalue weighted by Gasteiger charge is -2.41. The Morgan fingerprint density at radius 3 is 2.71 bits per heavy atom. The van der Waals surface area contributed by atoms with Crippen molar-refractivity contribution in [2.75, 3.05) is 39.2 Å². The van der Waals surface area contributed by atoms with E-state index in [1.165, 1.54) is 11.4 Å². The number of methoxy groups -OCH3 is 1. The molecule has 0 spiro atoms. The van der Waals surface area contributed by atoms with E-state index in [1.54, 1.807) is 0 Å². The van der Waals surface area contributed by atoms with Gasteiger partial charge in [0.2, 0.25) is 10.0 Å². The Kier molecular flexibility index (Phi) is 4.91. The van der Waals surface area contributed by atoms with Crippen LogP contribution in [0.15, 0.2) is 0 Å².